The molecule has 0 fully saturated rings. The van der Waals surface area contributed by atoms with Crippen molar-refractivity contribution in [3.63, 3.8) is 0 Å². The molecule has 0 bridgehead atoms. The van der Waals surface area contributed by atoms with Crippen molar-refractivity contribution in [2.45, 2.75) is 13.3 Å². The molecule has 6 heteroatoms. The van der Waals surface area contributed by atoms with E-state index in [1.165, 1.54) is 0 Å². The number of carbonyl (C=O) groups excluding carboxylic acids is 1. The van der Waals surface area contributed by atoms with Crippen molar-refractivity contribution < 1.29 is 14.3 Å². The number of benzene rings is 2. The third-order valence-corrected chi connectivity index (χ3v) is 3.69. The molecule has 1 aliphatic heterocycles. The Balaban J connectivity index is 1.75. The van der Waals surface area contributed by atoms with Crippen molar-refractivity contribution in [1.82, 2.24) is 5.43 Å². The normalized spacial score (nSPS) is 13.0. The Morgan fingerprint density at radius 1 is 1.13 bits per heavy atom. The number of nitrogens with one attached hydrogen (secondary N) is 1. The van der Waals surface area contributed by atoms with Gasteiger partial charge in [0.15, 0.2) is 11.5 Å². The second kappa shape index (κ2) is 6.71. The minimum Gasteiger partial charge on any atom is -0.454 e. The van der Waals surface area contributed by atoms with E-state index in [1.54, 1.807) is 30.3 Å². The van der Waals surface area contributed by atoms with Gasteiger partial charge < -0.3 is 9.47 Å². The number of hydrazone groups is 1. The molecule has 0 saturated carbocycles. The van der Waals surface area contributed by atoms with Crippen LogP contribution in [0.3, 0.4) is 0 Å². The molecule has 23 heavy (non-hydrogen) atoms. The number of ether oxygens (including phenoxy) is 2. The first-order valence-electron chi connectivity index (χ1n) is 7.20. The lowest BCUT2D eigenvalue weighted by molar-refractivity contribution is 0.0954. The number of amides is 1. The molecule has 1 amide bonds. The lowest BCUT2D eigenvalue weighted by Crippen LogP contribution is -2.20. The maximum Gasteiger partial charge on any atom is 0.271 e. The number of hydrogen-bond donors (Lipinski definition) is 1. The summed E-state index contributed by atoms with van der Waals surface area (Å²) < 4.78 is 10.5. The number of rotatable bonds is 4. The maximum absolute atomic E-state index is 12.2. The van der Waals surface area contributed by atoms with Gasteiger partial charge in [0.2, 0.25) is 6.79 Å². The Hall–Kier alpha value is -2.53. The van der Waals surface area contributed by atoms with Gasteiger partial charge in [-0.25, -0.2) is 5.43 Å². The van der Waals surface area contributed by atoms with Crippen LogP contribution in [-0.2, 0) is 0 Å². The molecule has 1 heterocycles. The predicted octanol–water partition coefficient (Wildman–Crippen LogP) is 3.61. The molecule has 2 aromatic rings. The number of nitrogens with zero attached hydrogens (tertiary/aromatic N) is 1. The summed E-state index contributed by atoms with van der Waals surface area (Å²) in [5.41, 5.74) is 4.73. The minimum absolute atomic E-state index is 0.176. The van der Waals surface area contributed by atoms with E-state index in [1.807, 2.05) is 19.1 Å². The van der Waals surface area contributed by atoms with E-state index in [9.17, 15) is 4.79 Å². The number of halogens is 1. The van der Waals surface area contributed by atoms with E-state index in [2.05, 4.69) is 10.5 Å². The van der Waals surface area contributed by atoms with E-state index >= 15 is 0 Å². The first-order valence-corrected chi connectivity index (χ1v) is 7.57. The fourth-order valence-corrected chi connectivity index (χ4v) is 2.34. The SMILES string of the molecule is CC/C(=N\NC(=O)c1ccc2c(c1)OCO2)c1ccc(Cl)cc1. The number of fused-ring (bicyclic) bond motifs is 1. The molecule has 0 unspecified atom stereocenters. The Morgan fingerprint density at radius 3 is 2.57 bits per heavy atom. The van der Waals surface area contributed by atoms with E-state index in [-0.39, 0.29) is 12.7 Å². The van der Waals surface area contributed by atoms with Crippen LogP contribution in [0, 0.1) is 0 Å². The standard InChI is InChI=1S/C17H15ClN2O3/c1-2-14(11-3-6-13(18)7-4-11)19-20-17(21)12-5-8-15-16(9-12)23-10-22-15/h3-9H,2,10H2,1H3,(H,20,21)/b19-14+. The third-order valence-electron chi connectivity index (χ3n) is 3.44. The topological polar surface area (TPSA) is 59.9 Å². The Kier molecular flexibility index (Phi) is 4.48. The average molecular weight is 331 g/mol. The molecule has 0 radical (unpaired) electrons. The van der Waals surface area contributed by atoms with Crippen molar-refractivity contribution in [2.24, 2.45) is 5.10 Å². The fraction of sp³-hybridized carbons (Fsp3) is 0.176. The minimum atomic E-state index is -0.303. The number of hydrogen-bond acceptors (Lipinski definition) is 4. The molecular weight excluding hydrogens is 316 g/mol. The zero-order valence-corrected chi connectivity index (χ0v) is 13.3. The third kappa shape index (κ3) is 3.46. The van der Waals surface area contributed by atoms with Gasteiger partial charge in [0.1, 0.15) is 0 Å². The summed E-state index contributed by atoms with van der Waals surface area (Å²) >= 11 is 5.88. The maximum atomic E-state index is 12.2. The van der Waals surface area contributed by atoms with Crippen LogP contribution in [0.4, 0.5) is 0 Å². The summed E-state index contributed by atoms with van der Waals surface area (Å²) in [6.45, 7) is 2.15. The predicted molar refractivity (Wildman–Crippen MR) is 88.3 cm³/mol. The van der Waals surface area contributed by atoms with E-state index < -0.39 is 0 Å². The van der Waals surface area contributed by atoms with Crippen molar-refractivity contribution in [1.29, 1.82) is 0 Å². The largest absolute Gasteiger partial charge is 0.454 e. The quantitative estimate of drug-likeness (QED) is 0.688. The molecule has 0 aromatic heterocycles. The lowest BCUT2D eigenvalue weighted by atomic mass is 10.1. The summed E-state index contributed by atoms with van der Waals surface area (Å²) in [7, 11) is 0. The first kappa shape index (κ1) is 15.4. The molecule has 0 aliphatic carbocycles. The van der Waals surface area contributed by atoms with Gasteiger partial charge in [-0.2, -0.15) is 5.10 Å². The summed E-state index contributed by atoms with van der Waals surface area (Å²) in [6, 6.07) is 12.4. The molecule has 1 N–H and O–H groups in total. The molecule has 0 spiro atoms. The van der Waals surface area contributed by atoms with Gasteiger partial charge in [-0.3, -0.25) is 4.79 Å². The van der Waals surface area contributed by atoms with Gasteiger partial charge >= 0.3 is 0 Å². The summed E-state index contributed by atoms with van der Waals surface area (Å²) in [4.78, 5) is 12.2. The zero-order chi connectivity index (χ0) is 16.2. The van der Waals surface area contributed by atoms with Gasteiger partial charge in [-0.15, -0.1) is 0 Å². The lowest BCUT2D eigenvalue weighted by Gasteiger charge is -2.06. The Labute approximate surface area is 138 Å². The highest BCUT2D eigenvalue weighted by atomic mass is 35.5. The molecular formula is C17H15ClN2O3. The van der Waals surface area contributed by atoms with Crippen molar-refractivity contribution in [2.75, 3.05) is 6.79 Å². The van der Waals surface area contributed by atoms with Crippen LogP contribution >= 0.6 is 11.6 Å². The van der Waals surface area contributed by atoms with Crippen molar-refractivity contribution in [3.8, 4) is 11.5 Å². The smallest absolute Gasteiger partial charge is 0.271 e. The highest BCUT2D eigenvalue weighted by Gasteiger charge is 2.16. The van der Waals surface area contributed by atoms with Gasteiger partial charge in [0.25, 0.3) is 5.91 Å². The highest BCUT2D eigenvalue weighted by molar-refractivity contribution is 6.30. The van der Waals surface area contributed by atoms with Gasteiger partial charge in [0.05, 0.1) is 5.71 Å². The van der Waals surface area contributed by atoms with Crippen LogP contribution < -0.4 is 14.9 Å². The zero-order valence-electron chi connectivity index (χ0n) is 12.5. The van der Waals surface area contributed by atoms with Crippen LogP contribution in [0.5, 0.6) is 11.5 Å². The summed E-state index contributed by atoms with van der Waals surface area (Å²) in [5, 5.41) is 4.87. The Morgan fingerprint density at radius 2 is 1.83 bits per heavy atom. The second-order valence-electron chi connectivity index (χ2n) is 4.93. The van der Waals surface area contributed by atoms with Gasteiger partial charge in [-0.1, -0.05) is 30.7 Å². The molecule has 0 saturated heterocycles. The second-order valence-corrected chi connectivity index (χ2v) is 5.36. The van der Waals surface area contributed by atoms with Crippen LogP contribution in [0.25, 0.3) is 0 Å². The molecule has 1 aliphatic rings. The molecule has 118 valence electrons. The molecule has 0 atom stereocenters. The van der Waals surface area contributed by atoms with E-state index in [0.29, 0.717) is 28.5 Å². The fourth-order valence-electron chi connectivity index (χ4n) is 2.21. The number of carbonyl (C=O) groups is 1. The van der Waals surface area contributed by atoms with Crippen LogP contribution in [-0.4, -0.2) is 18.4 Å². The van der Waals surface area contributed by atoms with Gasteiger partial charge in [-0.05, 0) is 42.3 Å². The van der Waals surface area contributed by atoms with Crippen LogP contribution in [0.1, 0.15) is 29.3 Å². The van der Waals surface area contributed by atoms with Crippen LogP contribution in [0.15, 0.2) is 47.6 Å². The highest BCUT2D eigenvalue weighted by Crippen LogP contribution is 2.32. The average Bonchev–Trinajstić information content (AvgIpc) is 3.04. The summed E-state index contributed by atoms with van der Waals surface area (Å²) in [6.07, 6.45) is 0.684. The first-order chi connectivity index (χ1) is 11.2. The van der Waals surface area contributed by atoms with Crippen molar-refractivity contribution >= 4 is 23.2 Å². The van der Waals surface area contributed by atoms with E-state index in [4.69, 9.17) is 21.1 Å². The molecule has 3 rings (SSSR count). The summed E-state index contributed by atoms with van der Waals surface area (Å²) in [5.74, 6) is 0.902. The molecule has 5 nitrogen and oxygen atoms in total. The van der Waals surface area contributed by atoms with E-state index in [0.717, 1.165) is 11.3 Å². The monoisotopic (exact) mass is 330 g/mol. The molecule has 2 aromatic carbocycles. The van der Waals surface area contributed by atoms with Gasteiger partial charge in [0, 0.05) is 10.6 Å². The van der Waals surface area contributed by atoms with Crippen LogP contribution in [0.2, 0.25) is 5.02 Å². The Bertz CT molecular complexity index is 757. The van der Waals surface area contributed by atoms with Crippen molar-refractivity contribution in [3.05, 3.63) is 58.6 Å².